The first kappa shape index (κ1) is 30.1. The number of carbonyl (C=O) groups is 3. The van der Waals surface area contributed by atoms with E-state index >= 15 is 0 Å². The highest BCUT2D eigenvalue weighted by Gasteiger charge is 2.24. The van der Waals surface area contributed by atoms with Crippen LogP contribution in [0.2, 0.25) is 0 Å². The third kappa shape index (κ3) is 10.5. The molecular formula is C27H37N5O6. The van der Waals surface area contributed by atoms with E-state index in [1.165, 1.54) is 6.34 Å². The number of aliphatic imine (C=N–C) groups is 1. The van der Waals surface area contributed by atoms with Crippen molar-refractivity contribution >= 4 is 29.8 Å². The van der Waals surface area contributed by atoms with Crippen molar-refractivity contribution in [1.29, 1.82) is 0 Å². The van der Waals surface area contributed by atoms with Crippen LogP contribution < -0.4 is 31.4 Å². The average Bonchev–Trinajstić information content (AvgIpc) is 2.85. The molecule has 2 aromatic carbocycles. The summed E-state index contributed by atoms with van der Waals surface area (Å²) in [6, 6.07) is 10.9. The Morgan fingerprint density at radius 1 is 1.00 bits per heavy atom. The van der Waals surface area contributed by atoms with Gasteiger partial charge in [0.2, 0.25) is 5.91 Å². The van der Waals surface area contributed by atoms with E-state index in [4.69, 9.17) is 20.1 Å². The minimum Gasteiger partial charge on any atom is -0.491 e. The van der Waals surface area contributed by atoms with Crippen molar-refractivity contribution in [2.45, 2.75) is 59.3 Å². The molecule has 0 bridgehead atoms. The molecule has 2 rings (SSSR count). The van der Waals surface area contributed by atoms with Crippen LogP contribution in [0.25, 0.3) is 0 Å². The molecule has 2 aromatic rings. The SMILES string of the molecule is CCOC(=O)C(Cc1cc(OC(C)C)cc(OC(C)C)c1)NC(=O)CNC(=O)c1cccc(N=CNN)c1. The minimum atomic E-state index is -0.984. The van der Waals surface area contributed by atoms with E-state index in [-0.39, 0.29) is 31.8 Å². The molecule has 1 unspecified atom stereocenters. The van der Waals surface area contributed by atoms with Gasteiger partial charge in [-0.2, -0.15) is 0 Å². The maximum atomic E-state index is 12.7. The van der Waals surface area contributed by atoms with Gasteiger partial charge in [-0.25, -0.2) is 15.6 Å². The number of nitrogens with zero attached hydrogens (tertiary/aromatic N) is 1. The summed E-state index contributed by atoms with van der Waals surface area (Å²) in [5.41, 5.74) is 3.82. The lowest BCUT2D eigenvalue weighted by atomic mass is 10.0. The fourth-order valence-electron chi connectivity index (χ4n) is 3.45. The van der Waals surface area contributed by atoms with E-state index in [1.807, 2.05) is 27.7 Å². The summed E-state index contributed by atoms with van der Waals surface area (Å²) < 4.78 is 16.8. The molecule has 0 fully saturated rings. The van der Waals surface area contributed by atoms with Gasteiger partial charge in [-0.1, -0.05) is 6.07 Å². The van der Waals surface area contributed by atoms with Crippen molar-refractivity contribution in [2.24, 2.45) is 10.8 Å². The monoisotopic (exact) mass is 527 g/mol. The zero-order chi connectivity index (χ0) is 28.1. The molecule has 0 spiro atoms. The van der Waals surface area contributed by atoms with Gasteiger partial charge in [-0.05, 0) is 70.5 Å². The van der Waals surface area contributed by atoms with Crippen LogP contribution in [0.15, 0.2) is 47.5 Å². The highest BCUT2D eigenvalue weighted by atomic mass is 16.5. The van der Waals surface area contributed by atoms with Crippen molar-refractivity contribution in [3.8, 4) is 11.5 Å². The first-order valence-electron chi connectivity index (χ1n) is 12.4. The summed E-state index contributed by atoms with van der Waals surface area (Å²) in [4.78, 5) is 41.9. The number of nitrogens with two attached hydrogens (primary N) is 1. The van der Waals surface area contributed by atoms with E-state index in [0.29, 0.717) is 28.3 Å². The lowest BCUT2D eigenvalue weighted by molar-refractivity contribution is -0.147. The maximum Gasteiger partial charge on any atom is 0.328 e. The number of hydrazine groups is 1. The molecule has 0 radical (unpaired) electrons. The Hall–Kier alpha value is -4.12. The number of benzene rings is 2. The molecule has 38 heavy (non-hydrogen) atoms. The summed E-state index contributed by atoms with van der Waals surface area (Å²) in [7, 11) is 0. The predicted octanol–water partition coefficient (Wildman–Crippen LogP) is 2.40. The van der Waals surface area contributed by atoms with Gasteiger partial charge >= 0.3 is 5.97 Å². The van der Waals surface area contributed by atoms with Gasteiger partial charge in [-0.3, -0.25) is 9.59 Å². The number of hydrogen-bond donors (Lipinski definition) is 4. The highest BCUT2D eigenvalue weighted by molar-refractivity contribution is 5.97. The zero-order valence-corrected chi connectivity index (χ0v) is 22.4. The first-order chi connectivity index (χ1) is 18.1. The van der Waals surface area contributed by atoms with Gasteiger partial charge < -0.3 is 30.3 Å². The highest BCUT2D eigenvalue weighted by Crippen LogP contribution is 2.26. The van der Waals surface area contributed by atoms with E-state index in [9.17, 15) is 14.4 Å². The van der Waals surface area contributed by atoms with Crippen LogP contribution >= 0.6 is 0 Å². The molecule has 2 amide bonds. The van der Waals surface area contributed by atoms with E-state index in [0.717, 1.165) is 0 Å². The van der Waals surface area contributed by atoms with Gasteiger partial charge in [0.05, 0.1) is 31.0 Å². The van der Waals surface area contributed by atoms with E-state index in [1.54, 1.807) is 49.4 Å². The lowest BCUT2D eigenvalue weighted by Crippen LogP contribution is -2.47. The molecule has 11 nitrogen and oxygen atoms in total. The second kappa shape index (κ2) is 15.2. The van der Waals surface area contributed by atoms with Crippen LogP contribution in [0.1, 0.15) is 50.5 Å². The standard InChI is InChI=1S/C27H37N5O6/c1-6-36-27(35)24(12-19-10-22(37-17(2)3)14-23(11-19)38-18(4)5)32-25(33)15-29-26(34)20-8-7-9-21(13-20)30-16-31-28/h7-11,13-14,16-18,24H,6,12,15,28H2,1-5H3,(H,29,34)(H,30,31)(H,32,33). The molecule has 0 aliphatic carbocycles. The number of hydrogen-bond acceptors (Lipinski definition) is 8. The van der Waals surface area contributed by atoms with Crippen LogP contribution in [0, 0.1) is 0 Å². The van der Waals surface area contributed by atoms with Crippen LogP contribution in [-0.4, -0.2) is 55.5 Å². The lowest BCUT2D eigenvalue weighted by Gasteiger charge is -2.20. The molecule has 11 heteroatoms. The first-order valence-corrected chi connectivity index (χ1v) is 12.4. The van der Waals surface area contributed by atoms with Crippen LogP contribution in [0.5, 0.6) is 11.5 Å². The Morgan fingerprint density at radius 2 is 1.66 bits per heavy atom. The van der Waals surface area contributed by atoms with Crippen molar-refractivity contribution in [3.63, 3.8) is 0 Å². The molecular weight excluding hydrogens is 490 g/mol. The predicted molar refractivity (Wildman–Crippen MR) is 144 cm³/mol. The minimum absolute atomic E-state index is 0.0638. The van der Waals surface area contributed by atoms with E-state index in [2.05, 4.69) is 21.1 Å². The second-order valence-electron chi connectivity index (χ2n) is 8.88. The Kier molecular flexibility index (Phi) is 12.0. The third-order valence-electron chi connectivity index (χ3n) is 4.84. The summed E-state index contributed by atoms with van der Waals surface area (Å²) in [5.74, 6) is 4.73. The van der Waals surface area contributed by atoms with Crippen molar-refractivity contribution in [2.75, 3.05) is 13.2 Å². The van der Waals surface area contributed by atoms with Crippen LogP contribution in [0.3, 0.4) is 0 Å². The van der Waals surface area contributed by atoms with Gasteiger partial charge in [-0.15, -0.1) is 0 Å². The largest absolute Gasteiger partial charge is 0.491 e. The molecule has 0 saturated heterocycles. The van der Waals surface area contributed by atoms with Gasteiger partial charge in [0.15, 0.2) is 0 Å². The molecule has 206 valence electrons. The maximum absolute atomic E-state index is 12.7. The Labute approximate surface area is 223 Å². The molecule has 1 atom stereocenters. The molecule has 0 aliphatic heterocycles. The zero-order valence-electron chi connectivity index (χ0n) is 22.4. The number of carbonyl (C=O) groups excluding carboxylic acids is 3. The van der Waals surface area contributed by atoms with Crippen molar-refractivity contribution in [1.82, 2.24) is 16.1 Å². The fourth-order valence-corrected chi connectivity index (χ4v) is 3.45. The topological polar surface area (TPSA) is 153 Å². The fraction of sp³-hybridized carbons (Fsp3) is 0.407. The molecule has 0 heterocycles. The smallest absolute Gasteiger partial charge is 0.328 e. The third-order valence-corrected chi connectivity index (χ3v) is 4.84. The van der Waals surface area contributed by atoms with Crippen LogP contribution in [-0.2, 0) is 20.7 Å². The number of nitrogens with one attached hydrogen (secondary N) is 3. The summed E-state index contributed by atoms with van der Waals surface area (Å²) in [6.45, 7) is 9.13. The number of rotatable bonds is 14. The molecule has 5 N–H and O–H groups in total. The quantitative estimate of drug-likeness (QED) is 0.0960. The summed E-state index contributed by atoms with van der Waals surface area (Å²) in [5, 5.41) is 5.21. The van der Waals surface area contributed by atoms with Gasteiger partial charge in [0, 0.05) is 18.1 Å². The second-order valence-corrected chi connectivity index (χ2v) is 8.88. The van der Waals surface area contributed by atoms with Gasteiger partial charge in [0.25, 0.3) is 5.91 Å². The summed E-state index contributed by atoms with van der Waals surface area (Å²) in [6.07, 6.45) is 1.29. The summed E-state index contributed by atoms with van der Waals surface area (Å²) >= 11 is 0. The van der Waals surface area contributed by atoms with E-state index < -0.39 is 23.8 Å². The normalized spacial score (nSPS) is 11.8. The van der Waals surface area contributed by atoms with Crippen molar-refractivity contribution in [3.05, 3.63) is 53.6 Å². The number of amides is 2. The number of esters is 1. The van der Waals surface area contributed by atoms with Crippen molar-refractivity contribution < 1.29 is 28.6 Å². The Bertz CT molecular complexity index is 1090. The molecule has 0 aromatic heterocycles. The number of ether oxygens (including phenoxy) is 3. The Balaban J connectivity index is 2.12. The Morgan fingerprint density at radius 3 is 2.24 bits per heavy atom. The average molecular weight is 528 g/mol. The molecule has 0 aliphatic rings. The molecule has 0 saturated carbocycles. The van der Waals surface area contributed by atoms with Gasteiger partial charge in [0.1, 0.15) is 23.9 Å². The van der Waals surface area contributed by atoms with Crippen LogP contribution in [0.4, 0.5) is 5.69 Å².